The first-order valence-corrected chi connectivity index (χ1v) is 10.9. The fourth-order valence-corrected chi connectivity index (χ4v) is 3.13. The summed E-state index contributed by atoms with van der Waals surface area (Å²) in [6, 6.07) is 16.2. The van der Waals surface area contributed by atoms with Crippen LogP contribution in [0.5, 0.6) is 0 Å². The average Bonchev–Trinajstić information content (AvgIpc) is 2.71. The highest BCUT2D eigenvalue weighted by molar-refractivity contribution is 14.0. The lowest BCUT2D eigenvalue weighted by molar-refractivity contribution is 0.0636. The summed E-state index contributed by atoms with van der Waals surface area (Å²) in [5.41, 5.74) is 3.93. The number of hydrogen-bond acceptors (Lipinski definition) is 4. The van der Waals surface area contributed by atoms with E-state index < -0.39 is 11.7 Å². The highest BCUT2D eigenvalue weighted by Gasteiger charge is 2.16. The lowest BCUT2D eigenvalue weighted by atomic mass is 10.1. The number of ether oxygens (including phenoxy) is 1. The van der Waals surface area contributed by atoms with Gasteiger partial charge in [-0.25, -0.2) is 4.79 Å². The molecule has 182 valence electrons. The second-order valence-electron chi connectivity index (χ2n) is 8.93. The van der Waals surface area contributed by atoms with Crippen LogP contribution < -0.4 is 16.0 Å². The highest BCUT2D eigenvalue weighted by Crippen LogP contribution is 2.13. The Kier molecular flexibility index (Phi) is 12.2. The molecule has 2 aromatic rings. The number of anilines is 1. The summed E-state index contributed by atoms with van der Waals surface area (Å²) in [6.45, 7) is 7.89. The molecule has 0 spiro atoms. The predicted molar refractivity (Wildman–Crippen MR) is 147 cm³/mol. The van der Waals surface area contributed by atoms with Crippen molar-refractivity contribution in [2.75, 3.05) is 33.0 Å². The van der Waals surface area contributed by atoms with Crippen LogP contribution in [-0.4, -0.2) is 50.2 Å². The van der Waals surface area contributed by atoms with Crippen LogP contribution in [0.2, 0.25) is 0 Å². The molecule has 0 aliphatic rings. The van der Waals surface area contributed by atoms with Gasteiger partial charge in [0.25, 0.3) is 0 Å². The Hall–Kier alpha value is -2.33. The largest absolute Gasteiger partial charge is 0.444 e. The van der Waals surface area contributed by atoms with Crippen molar-refractivity contribution in [1.82, 2.24) is 15.5 Å². The Morgan fingerprint density at radius 2 is 1.64 bits per heavy atom. The quantitative estimate of drug-likeness (QED) is 0.247. The van der Waals surface area contributed by atoms with Crippen molar-refractivity contribution in [3.63, 3.8) is 0 Å². The van der Waals surface area contributed by atoms with E-state index in [9.17, 15) is 4.79 Å². The minimum atomic E-state index is -0.517. The van der Waals surface area contributed by atoms with Gasteiger partial charge in [0.1, 0.15) is 5.60 Å². The van der Waals surface area contributed by atoms with Gasteiger partial charge in [-0.3, -0.25) is 10.3 Å². The van der Waals surface area contributed by atoms with Crippen molar-refractivity contribution in [3.05, 3.63) is 65.2 Å². The molecule has 3 N–H and O–H groups in total. The van der Waals surface area contributed by atoms with E-state index in [1.54, 1.807) is 7.05 Å². The molecule has 0 aliphatic heterocycles. The predicted octanol–water partition coefficient (Wildman–Crippen LogP) is 4.62. The van der Waals surface area contributed by atoms with Gasteiger partial charge in [0.05, 0.1) is 0 Å². The number of halogens is 1. The molecule has 2 rings (SSSR count). The molecule has 8 heteroatoms. The second kappa shape index (κ2) is 14.0. The number of carbonyl (C=O) groups excluding carboxylic acids is 1. The summed E-state index contributed by atoms with van der Waals surface area (Å²) < 4.78 is 5.27. The Labute approximate surface area is 215 Å². The fourth-order valence-electron chi connectivity index (χ4n) is 3.13. The molecule has 2 aromatic carbocycles. The molecular formula is C25H38IN5O2. The van der Waals surface area contributed by atoms with Gasteiger partial charge in [0, 0.05) is 32.4 Å². The van der Waals surface area contributed by atoms with Crippen LogP contribution in [0.1, 0.15) is 37.5 Å². The number of nitrogens with zero attached hydrogens (tertiary/aromatic N) is 2. The van der Waals surface area contributed by atoms with Crippen LogP contribution in [0.4, 0.5) is 10.5 Å². The van der Waals surface area contributed by atoms with Crippen LogP contribution in [0, 0.1) is 0 Å². The monoisotopic (exact) mass is 567 g/mol. The van der Waals surface area contributed by atoms with E-state index in [4.69, 9.17) is 4.74 Å². The molecule has 0 fully saturated rings. The first-order valence-electron chi connectivity index (χ1n) is 10.9. The number of amides is 1. The maximum Gasteiger partial charge on any atom is 0.412 e. The molecule has 0 bridgehead atoms. The van der Waals surface area contributed by atoms with E-state index in [1.165, 1.54) is 16.7 Å². The van der Waals surface area contributed by atoms with E-state index in [0.717, 1.165) is 25.5 Å². The van der Waals surface area contributed by atoms with Gasteiger partial charge >= 0.3 is 6.09 Å². The van der Waals surface area contributed by atoms with Gasteiger partial charge in [0.15, 0.2) is 5.96 Å². The van der Waals surface area contributed by atoms with Crippen molar-refractivity contribution >= 4 is 41.7 Å². The molecule has 0 unspecified atom stereocenters. The average molecular weight is 568 g/mol. The van der Waals surface area contributed by atoms with Crippen molar-refractivity contribution in [2.45, 2.75) is 45.9 Å². The maximum atomic E-state index is 11.9. The smallest absolute Gasteiger partial charge is 0.412 e. The summed E-state index contributed by atoms with van der Waals surface area (Å²) in [5, 5.41) is 9.50. The van der Waals surface area contributed by atoms with Crippen LogP contribution in [-0.2, 0) is 24.2 Å². The van der Waals surface area contributed by atoms with Gasteiger partial charge in [-0.2, -0.15) is 0 Å². The van der Waals surface area contributed by atoms with Crippen LogP contribution in [0.25, 0.3) is 0 Å². The van der Waals surface area contributed by atoms with Crippen LogP contribution in [0.15, 0.2) is 53.5 Å². The van der Waals surface area contributed by atoms with E-state index in [1.807, 2.05) is 45.0 Å². The minimum Gasteiger partial charge on any atom is -0.444 e. The highest BCUT2D eigenvalue weighted by atomic mass is 127. The van der Waals surface area contributed by atoms with Crippen LogP contribution in [0.3, 0.4) is 0 Å². The molecule has 0 radical (unpaired) electrons. The molecule has 0 aliphatic carbocycles. The molecule has 0 heterocycles. The third-order valence-electron chi connectivity index (χ3n) is 4.58. The number of hydrogen-bond donors (Lipinski definition) is 3. The number of benzene rings is 2. The van der Waals surface area contributed by atoms with E-state index >= 15 is 0 Å². The lowest BCUT2D eigenvalue weighted by Crippen LogP contribution is -2.38. The number of nitrogens with one attached hydrogen (secondary N) is 3. The van der Waals surface area contributed by atoms with Crippen molar-refractivity contribution in [3.8, 4) is 0 Å². The first kappa shape index (κ1) is 28.7. The standard InChI is InChI=1S/C25H37N5O2.HI/c1-25(2,3)32-24(31)29-22-13-11-19(12-14-22)15-16-27-23(26-4)28-17-20-9-7-8-10-21(20)18-30(5)6;/h7-14H,15-18H2,1-6H3,(H,29,31)(H2,26,27,28);1H. The summed E-state index contributed by atoms with van der Waals surface area (Å²) in [6.07, 6.45) is 0.388. The SMILES string of the molecule is CN=C(NCCc1ccc(NC(=O)OC(C)(C)C)cc1)NCc1ccccc1CN(C)C.I. The molecule has 1 amide bonds. The second-order valence-corrected chi connectivity index (χ2v) is 8.93. The Bertz CT molecular complexity index is 892. The number of rotatable bonds is 8. The molecule has 0 saturated carbocycles. The van der Waals surface area contributed by atoms with Crippen molar-refractivity contribution in [2.24, 2.45) is 4.99 Å². The number of aliphatic imine (C=N–C) groups is 1. The maximum absolute atomic E-state index is 11.9. The normalized spacial score (nSPS) is 11.5. The molecule has 0 saturated heterocycles. The summed E-state index contributed by atoms with van der Waals surface area (Å²) >= 11 is 0. The van der Waals surface area contributed by atoms with Gasteiger partial charge in [-0.05, 0) is 70.1 Å². The minimum absolute atomic E-state index is 0. The zero-order valence-electron chi connectivity index (χ0n) is 20.6. The molecular weight excluding hydrogens is 529 g/mol. The zero-order valence-corrected chi connectivity index (χ0v) is 22.9. The lowest BCUT2D eigenvalue weighted by Gasteiger charge is -2.19. The van der Waals surface area contributed by atoms with E-state index in [-0.39, 0.29) is 24.0 Å². The molecule has 33 heavy (non-hydrogen) atoms. The summed E-state index contributed by atoms with van der Waals surface area (Å²) in [5.74, 6) is 0.771. The third-order valence-corrected chi connectivity index (χ3v) is 4.58. The summed E-state index contributed by atoms with van der Waals surface area (Å²) in [4.78, 5) is 18.4. The number of guanidine groups is 1. The third kappa shape index (κ3) is 11.4. The first-order chi connectivity index (χ1) is 15.2. The molecule has 0 atom stereocenters. The van der Waals surface area contributed by atoms with E-state index in [2.05, 4.69) is 64.2 Å². The van der Waals surface area contributed by atoms with Gasteiger partial charge in [0.2, 0.25) is 0 Å². The topological polar surface area (TPSA) is 78.0 Å². The molecule has 7 nitrogen and oxygen atoms in total. The summed E-state index contributed by atoms with van der Waals surface area (Å²) in [7, 11) is 5.92. The molecule has 0 aromatic heterocycles. The fraction of sp³-hybridized carbons (Fsp3) is 0.440. The van der Waals surface area contributed by atoms with Crippen LogP contribution >= 0.6 is 24.0 Å². The van der Waals surface area contributed by atoms with Gasteiger partial charge < -0.3 is 20.3 Å². The Balaban J connectivity index is 0.00000544. The van der Waals surface area contributed by atoms with Gasteiger partial charge in [-0.15, -0.1) is 24.0 Å². The zero-order chi connectivity index (χ0) is 23.6. The van der Waals surface area contributed by atoms with Crippen molar-refractivity contribution < 1.29 is 9.53 Å². The Morgan fingerprint density at radius 1 is 1.00 bits per heavy atom. The Morgan fingerprint density at radius 3 is 2.21 bits per heavy atom. The van der Waals surface area contributed by atoms with Gasteiger partial charge in [-0.1, -0.05) is 36.4 Å². The van der Waals surface area contributed by atoms with Crippen molar-refractivity contribution in [1.29, 1.82) is 0 Å². The number of carbonyl (C=O) groups is 1. The van der Waals surface area contributed by atoms with E-state index in [0.29, 0.717) is 12.2 Å².